The van der Waals surface area contributed by atoms with Crippen molar-refractivity contribution in [1.29, 1.82) is 0 Å². The fourth-order valence-electron chi connectivity index (χ4n) is 5.91. The number of hydrogen-bond acceptors (Lipinski definition) is 9. The van der Waals surface area contributed by atoms with Crippen LogP contribution in [0, 0.1) is 5.82 Å². The second kappa shape index (κ2) is 15.1. The van der Waals surface area contributed by atoms with Crippen molar-refractivity contribution in [1.82, 2.24) is 41.0 Å². The Hall–Kier alpha value is -7.69. The molecule has 0 saturated carbocycles. The van der Waals surface area contributed by atoms with Gasteiger partial charge in [0, 0.05) is 18.5 Å². The molecule has 276 valence electrons. The second-order valence-corrected chi connectivity index (χ2v) is 12.4. The number of urea groups is 2. The fraction of sp³-hybridized carbons (Fsp3) is 0.105. The quantitative estimate of drug-likeness (QED) is 0.0921. The molecule has 2 atom stereocenters. The van der Waals surface area contributed by atoms with Gasteiger partial charge in [0.1, 0.15) is 11.3 Å². The van der Waals surface area contributed by atoms with Crippen molar-refractivity contribution in [3.05, 3.63) is 131 Å². The molecule has 0 fully saturated rings. The second-order valence-electron chi connectivity index (χ2n) is 12.4. The Morgan fingerprint density at radius 1 is 0.727 bits per heavy atom. The van der Waals surface area contributed by atoms with Crippen molar-refractivity contribution in [2.75, 3.05) is 21.3 Å². The van der Waals surface area contributed by atoms with Gasteiger partial charge in [-0.2, -0.15) is 10.2 Å². The van der Waals surface area contributed by atoms with Crippen LogP contribution in [0.25, 0.3) is 21.8 Å². The number of nitrogen functional groups attached to an aromatic ring is 1. The number of carbonyl (C=O) groups is 4. The number of aromatic amines is 2. The maximum absolute atomic E-state index is 14.3. The zero-order valence-electron chi connectivity index (χ0n) is 29.3. The normalized spacial score (nSPS) is 13.1. The molecule has 7 aromatic rings. The lowest BCUT2D eigenvalue weighted by Gasteiger charge is -2.15. The molecule has 3 aromatic carbocycles. The highest BCUT2D eigenvalue weighted by atomic mass is 19.1. The molecule has 55 heavy (non-hydrogen) atoms. The monoisotopic (exact) mass is 740 g/mol. The van der Waals surface area contributed by atoms with E-state index < -0.39 is 29.7 Å². The number of imide groups is 1. The van der Waals surface area contributed by atoms with Crippen LogP contribution in [0.15, 0.2) is 103 Å². The number of nitrogens with zero attached hydrogens (tertiary/aromatic N) is 5. The van der Waals surface area contributed by atoms with E-state index in [0.717, 1.165) is 16.0 Å². The van der Waals surface area contributed by atoms with Crippen LogP contribution in [0.4, 0.5) is 37.3 Å². The first-order valence-corrected chi connectivity index (χ1v) is 16.9. The van der Waals surface area contributed by atoms with Gasteiger partial charge < -0.3 is 16.4 Å². The van der Waals surface area contributed by atoms with Crippen molar-refractivity contribution in [3.8, 4) is 0 Å². The van der Waals surface area contributed by atoms with Crippen LogP contribution in [-0.4, -0.2) is 54.2 Å². The zero-order chi connectivity index (χ0) is 38.6. The number of halogens is 1. The molecule has 0 bridgehead atoms. The highest BCUT2D eigenvalue weighted by Gasteiger charge is 2.38. The van der Waals surface area contributed by atoms with Crippen LogP contribution in [0.5, 0.6) is 0 Å². The molecule has 8 N–H and O–H groups in total. The third-order valence-electron chi connectivity index (χ3n) is 8.78. The first kappa shape index (κ1) is 35.7. The average Bonchev–Trinajstić information content (AvgIpc) is 3.86. The van der Waals surface area contributed by atoms with E-state index in [2.05, 4.69) is 51.6 Å². The molecule has 6 amide bonds. The Morgan fingerprint density at radius 3 is 1.87 bits per heavy atom. The number of carbonyl (C=O) groups excluding carboxylic acids is 4. The molecule has 0 saturated heterocycles. The van der Waals surface area contributed by atoms with Crippen LogP contribution < -0.4 is 31.9 Å². The Balaban J connectivity index is 0.000000179. The summed E-state index contributed by atoms with van der Waals surface area (Å²) < 4.78 is 14.3. The predicted molar refractivity (Wildman–Crippen MR) is 204 cm³/mol. The van der Waals surface area contributed by atoms with Gasteiger partial charge >= 0.3 is 12.1 Å². The number of rotatable bonds is 7. The number of fused-ring (bicyclic) bond motifs is 3. The van der Waals surface area contributed by atoms with E-state index in [1.807, 2.05) is 74.5 Å². The SMILES string of the molecule is C[C@@H](NC(=O)Nc1cc2[nH]nc(N3C(=O)c4ccccc4C3=O)c2cn1)c1ccccc1.C[C@@H](NC(=O)Nc1ncc2c(N)n[nH]c2c1F)c1ccccc1. The van der Waals surface area contributed by atoms with Crippen LogP contribution >= 0.6 is 0 Å². The largest absolute Gasteiger partial charge is 0.382 e. The van der Waals surface area contributed by atoms with Gasteiger partial charge in [0.05, 0.1) is 39.5 Å². The molecule has 0 radical (unpaired) electrons. The van der Waals surface area contributed by atoms with Crippen molar-refractivity contribution >= 4 is 69.0 Å². The lowest BCUT2D eigenvalue weighted by atomic mass is 10.1. The summed E-state index contributed by atoms with van der Waals surface area (Å²) in [6, 6.07) is 25.9. The molecule has 16 nitrogen and oxygen atoms in total. The lowest BCUT2D eigenvalue weighted by Crippen LogP contribution is -2.31. The molecule has 0 unspecified atom stereocenters. The van der Waals surface area contributed by atoms with Gasteiger partial charge in [-0.15, -0.1) is 0 Å². The maximum atomic E-state index is 14.3. The number of anilines is 4. The third-order valence-corrected chi connectivity index (χ3v) is 8.78. The summed E-state index contributed by atoms with van der Waals surface area (Å²) in [5.41, 5.74) is 8.79. The summed E-state index contributed by atoms with van der Waals surface area (Å²) in [6.45, 7) is 3.71. The highest BCUT2D eigenvalue weighted by Crippen LogP contribution is 2.32. The minimum absolute atomic E-state index is 0.101. The first-order valence-electron chi connectivity index (χ1n) is 16.9. The van der Waals surface area contributed by atoms with E-state index in [4.69, 9.17) is 5.73 Å². The van der Waals surface area contributed by atoms with Gasteiger partial charge in [-0.25, -0.2) is 28.8 Å². The van der Waals surface area contributed by atoms with Crippen LogP contribution in [0.2, 0.25) is 0 Å². The van der Waals surface area contributed by atoms with E-state index in [1.54, 1.807) is 30.3 Å². The summed E-state index contributed by atoms with van der Waals surface area (Å²) in [4.78, 5) is 59.0. The molecule has 4 aromatic heterocycles. The van der Waals surface area contributed by atoms with Crippen LogP contribution in [0.1, 0.15) is 57.8 Å². The van der Waals surface area contributed by atoms with Gasteiger partial charge in [0.25, 0.3) is 11.8 Å². The van der Waals surface area contributed by atoms with Gasteiger partial charge in [-0.1, -0.05) is 72.8 Å². The van der Waals surface area contributed by atoms with Gasteiger partial charge in [-0.3, -0.25) is 30.4 Å². The molecule has 5 heterocycles. The van der Waals surface area contributed by atoms with E-state index in [1.165, 1.54) is 12.4 Å². The number of nitrogens with two attached hydrogens (primary N) is 1. The first-order chi connectivity index (χ1) is 26.6. The summed E-state index contributed by atoms with van der Waals surface area (Å²) >= 11 is 0. The third kappa shape index (κ3) is 7.34. The van der Waals surface area contributed by atoms with Crippen molar-refractivity contribution in [2.45, 2.75) is 25.9 Å². The van der Waals surface area contributed by atoms with Gasteiger partial charge in [0.2, 0.25) is 0 Å². The molecule has 17 heteroatoms. The Labute approximate surface area is 311 Å². The predicted octanol–water partition coefficient (Wildman–Crippen LogP) is 6.20. The number of aromatic nitrogens is 6. The molecule has 1 aliphatic heterocycles. The summed E-state index contributed by atoms with van der Waals surface area (Å²) in [7, 11) is 0. The van der Waals surface area contributed by atoms with E-state index >= 15 is 0 Å². The van der Waals surface area contributed by atoms with Crippen molar-refractivity contribution in [2.24, 2.45) is 0 Å². The van der Waals surface area contributed by atoms with Crippen LogP contribution in [0.3, 0.4) is 0 Å². The summed E-state index contributed by atoms with van der Waals surface area (Å²) in [6.07, 6.45) is 2.82. The number of hydrogen-bond donors (Lipinski definition) is 7. The van der Waals surface area contributed by atoms with Crippen molar-refractivity contribution < 1.29 is 23.6 Å². The maximum Gasteiger partial charge on any atom is 0.320 e. The number of pyridine rings is 2. The standard InChI is InChI=1S/C23H18N6O3.C15H15FN6O/c1-13(14-7-3-2-4-8-14)25-23(32)26-19-11-18-17(12-24-19)20(28-27-18)29-21(30)15-9-5-6-10-16(15)22(29)31;1-8(9-5-3-2-4-6-9)19-15(23)20-14-11(16)12-10(7-18-14)13(17)22-21-12/h2-13H,1H3,(H,27,28)(H2,24,25,26,32);2-8H,1H3,(H3,17,21,22)(H2,18,19,20,23)/t13-;8-/m11/s1. The molecule has 0 spiro atoms. The molecular formula is C38H33FN12O4. The highest BCUT2D eigenvalue weighted by molar-refractivity contribution is 6.35. The number of benzene rings is 3. The van der Waals surface area contributed by atoms with Gasteiger partial charge in [-0.05, 0) is 37.1 Å². The minimum Gasteiger partial charge on any atom is -0.382 e. The molecule has 1 aliphatic rings. The van der Waals surface area contributed by atoms with E-state index in [0.29, 0.717) is 33.2 Å². The molecule has 8 rings (SSSR count). The fourth-order valence-corrected chi connectivity index (χ4v) is 5.91. The van der Waals surface area contributed by atoms with Gasteiger partial charge in [0.15, 0.2) is 23.3 Å². The number of amides is 6. The van der Waals surface area contributed by atoms with E-state index in [-0.39, 0.29) is 35.1 Å². The Kier molecular flexibility index (Phi) is 9.81. The van der Waals surface area contributed by atoms with Crippen LogP contribution in [-0.2, 0) is 0 Å². The lowest BCUT2D eigenvalue weighted by molar-refractivity contribution is 0.0925. The topological polar surface area (TPSA) is 229 Å². The summed E-state index contributed by atoms with van der Waals surface area (Å²) in [5, 5.41) is 24.7. The number of H-pyrrole nitrogens is 2. The van der Waals surface area contributed by atoms with E-state index in [9.17, 15) is 23.6 Å². The Morgan fingerprint density at radius 2 is 1.27 bits per heavy atom. The average molecular weight is 741 g/mol. The molecule has 0 aliphatic carbocycles. The number of nitrogens with one attached hydrogen (secondary N) is 6. The Bertz CT molecular complexity index is 2520. The zero-order valence-corrected chi connectivity index (χ0v) is 29.3. The summed E-state index contributed by atoms with van der Waals surface area (Å²) in [5.74, 6) is -1.15. The molecular weight excluding hydrogens is 707 g/mol. The smallest absolute Gasteiger partial charge is 0.320 e. The minimum atomic E-state index is -0.714. The van der Waals surface area contributed by atoms with Crippen molar-refractivity contribution in [3.63, 3.8) is 0 Å².